The molecule has 1 aromatic carbocycles. The molecule has 0 aliphatic carbocycles. The van der Waals surface area contributed by atoms with E-state index in [4.69, 9.17) is 4.74 Å². The monoisotopic (exact) mass is 373 g/mol. The summed E-state index contributed by atoms with van der Waals surface area (Å²) < 4.78 is 21.7. The zero-order valence-electron chi connectivity index (χ0n) is 16.5. The zero-order valence-corrected chi connectivity index (χ0v) is 16.5. The van der Waals surface area contributed by atoms with Crippen molar-refractivity contribution in [3.05, 3.63) is 58.7 Å². The number of carbonyl (C=O) groups excluding carboxylic acids is 1. The number of aryl methyl sites for hydroxylation is 2. The van der Waals surface area contributed by atoms with E-state index >= 15 is 0 Å². The molecule has 5 nitrogen and oxygen atoms in total. The van der Waals surface area contributed by atoms with E-state index in [1.165, 1.54) is 10.3 Å². The number of allylic oxidation sites excluding steroid dienone is 2. The van der Waals surface area contributed by atoms with Gasteiger partial charge in [0.2, 0.25) is 0 Å². The molecule has 0 radical (unpaired) electrons. The van der Waals surface area contributed by atoms with Gasteiger partial charge in [0.25, 0.3) is 5.91 Å². The number of amides is 1. The van der Waals surface area contributed by atoms with Gasteiger partial charge in [-0.1, -0.05) is 30.7 Å². The number of halogens is 1. The van der Waals surface area contributed by atoms with Crippen LogP contribution in [-0.2, 0) is 13.6 Å². The van der Waals surface area contributed by atoms with Crippen LogP contribution in [0, 0.1) is 12.7 Å². The maximum atomic E-state index is 14.6. The molecule has 2 aromatic rings. The molecule has 27 heavy (non-hydrogen) atoms. The second-order valence-electron chi connectivity index (χ2n) is 6.60. The molecule has 146 valence electrons. The summed E-state index contributed by atoms with van der Waals surface area (Å²) in [6.07, 6.45) is 4.98. The lowest BCUT2D eigenvalue weighted by Gasteiger charge is -2.11. The summed E-state index contributed by atoms with van der Waals surface area (Å²) in [5.74, 6) is -0.504. The maximum absolute atomic E-state index is 14.6. The highest BCUT2D eigenvalue weighted by molar-refractivity contribution is 5.92. The first-order chi connectivity index (χ1) is 12.9. The fraction of sp³-hybridized carbons (Fsp3) is 0.429. The normalized spacial score (nSPS) is 11.5. The van der Waals surface area contributed by atoms with Crippen molar-refractivity contribution in [3.63, 3.8) is 0 Å². The number of rotatable bonds is 9. The van der Waals surface area contributed by atoms with Crippen molar-refractivity contribution in [3.8, 4) is 5.75 Å². The van der Waals surface area contributed by atoms with Crippen LogP contribution in [0.15, 0.2) is 35.9 Å². The summed E-state index contributed by atoms with van der Waals surface area (Å²) in [5.41, 5.74) is 2.94. The van der Waals surface area contributed by atoms with Gasteiger partial charge >= 0.3 is 0 Å². The molecule has 1 N–H and O–H groups in total. The van der Waals surface area contributed by atoms with E-state index in [2.05, 4.69) is 30.3 Å². The lowest BCUT2D eigenvalue weighted by Crippen LogP contribution is -2.25. The molecule has 0 aliphatic rings. The molecule has 1 heterocycles. The Morgan fingerprint density at radius 3 is 2.85 bits per heavy atom. The van der Waals surface area contributed by atoms with Gasteiger partial charge in [0.15, 0.2) is 11.6 Å². The zero-order chi connectivity index (χ0) is 19.8. The summed E-state index contributed by atoms with van der Waals surface area (Å²) in [6, 6.07) is 6.68. The van der Waals surface area contributed by atoms with Crippen molar-refractivity contribution < 1.29 is 13.9 Å². The first-order valence-corrected chi connectivity index (χ1v) is 9.27. The van der Waals surface area contributed by atoms with Crippen molar-refractivity contribution in [2.24, 2.45) is 7.05 Å². The molecule has 0 spiro atoms. The molecule has 0 saturated heterocycles. The van der Waals surface area contributed by atoms with Crippen molar-refractivity contribution >= 4 is 5.91 Å². The van der Waals surface area contributed by atoms with E-state index in [0.717, 1.165) is 25.0 Å². The number of nitrogens with one attached hydrogen (secondary N) is 1. The first kappa shape index (κ1) is 20.7. The maximum Gasteiger partial charge on any atom is 0.269 e. The summed E-state index contributed by atoms with van der Waals surface area (Å²) in [4.78, 5) is 12.2. The minimum absolute atomic E-state index is 0.0878. The standard InChI is InChI=1S/C21H28FN3O2/c1-5-15(2)9-6-7-12-27-19-11-8-10-17(20(19)22)14-23-21(26)18-13-16(3)24-25(18)4/h8-11,13H,5-7,12,14H2,1-4H3,(H,23,26). The third kappa shape index (κ3) is 5.94. The van der Waals surface area contributed by atoms with Crippen LogP contribution in [0.4, 0.5) is 4.39 Å². The molecule has 0 saturated carbocycles. The molecule has 1 aromatic heterocycles. The number of unbranched alkanes of at least 4 members (excludes halogenated alkanes) is 1. The number of nitrogens with zero attached hydrogens (tertiary/aromatic N) is 2. The fourth-order valence-corrected chi connectivity index (χ4v) is 2.65. The van der Waals surface area contributed by atoms with Crippen molar-refractivity contribution in [2.45, 2.75) is 46.6 Å². The van der Waals surface area contributed by atoms with Crippen LogP contribution in [0.25, 0.3) is 0 Å². The van der Waals surface area contributed by atoms with Crippen LogP contribution in [0.2, 0.25) is 0 Å². The number of carbonyl (C=O) groups is 1. The highest BCUT2D eigenvalue weighted by atomic mass is 19.1. The second kappa shape index (κ2) is 9.90. The predicted molar refractivity (Wildman–Crippen MR) is 104 cm³/mol. The van der Waals surface area contributed by atoms with Crippen LogP contribution in [-0.4, -0.2) is 22.3 Å². The Kier molecular flexibility index (Phi) is 7.58. The molecule has 0 bridgehead atoms. The third-order valence-corrected chi connectivity index (χ3v) is 4.37. The van der Waals surface area contributed by atoms with E-state index in [9.17, 15) is 9.18 Å². The summed E-state index contributed by atoms with van der Waals surface area (Å²) in [7, 11) is 1.70. The average Bonchev–Trinajstić information content (AvgIpc) is 2.99. The van der Waals surface area contributed by atoms with E-state index in [-0.39, 0.29) is 18.2 Å². The minimum atomic E-state index is -0.431. The van der Waals surface area contributed by atoms with Gasteiger partial charge in [-0.2, -0.15) is 5.10 Å². The fourth-order valence-electron chi connectivity index (χ4n) is 2.65. The smallest absolute Gasteiger partial charge is 0.269 e. The van der Waals surface area contributed by atoms with Crippen LogP contribution in [0.3, 0.4) is 0 Å². The first-order valence-electron chi connectivity index (χ1n) is 9.27. The number of aromatic nitrogens is 2. The van der Waals surface area contributed by atoms with Crippen molar-refractivity contribution in [1.82, 2.24) is 15.1 Å². The van der Waals surface area contributed by atoms with Crippen LogP contribution < -0.4 is 10.1 Å². The highest BCUT2D eigenvalue weighted by Gasteiger charge is 2.14. The number of hydrogen-bond acceptors (Lipinski definition) is 3. The Bertz CT molecular complexity index is 812. The van der Waals surface area contributed by atoms with Gasteiger partial charge in [0, 0.05) is 19.2 Å². The lowest BCUT2D eigenvalue weighted by molar-refractivity contribution is 0.0941. The Hall–Kier alpha value is -2.63. The summed E-state index contributed by atoms with van der Waals surface area (Å²) in [6.45, 7) is 6.58. The Morgan fingerprint density at radius 2 is 2.19 bits per heavy atom. The number of benzene rings is 1. The van der Waals surface area contributed by atoms with Gasteiger partial charge in [0.1, 0.15) is 5.69 Å². The highest BCUT2D eigenvalue weighted by Crippen LogP contribution is 2.21. The van der Waals surface area contributed by atoms with Crippen LogP contribution in [0.5, 0.6) is 5.75 Å². The Labute approximate surface area is 160 Å². The van der Waals surface area contributed by atoms with E-state index in [0.29, 0.717) is 17.9 Å². The van der Waals surface area contributed by atoms with Crippen LogP contribution in [0.1, 0.15) is 54.9 Å². The van der Waals surface area contributed by atoms with Crippen molar-refractivity contribution in [2.75, 3.05) is 6.61 Å². The minimum Gasteiger partial charge on any atom is -0.490 e. The topological polar surface area (TPSA) is 56.1 Å². The summed E-state index contributed by atoms with van der Waals surface area (Å²) in [5, 5.41) is 6.87. The molecular formula is C21H28FN3O2. The second-order valence-corrected chi connectivity index (χ2v) is 6.60. The Balaban J connectivity index is 1.90. The molecule has 6 heteroatoms. The van der Waals surface area contributed by atoms with Gasteiger partial charge in [-0.05, 0) is 45.2 Å². The summed E-state index contributed by atoms with van der Waals surface area (Å²) >= 11 is 0. The quantitative estimate of drug-likeness (QED) is 0.526. The third-order valence-electron chi connectivity index (χ3n) is 4.37. The van der Waals surface area contributed by atoms with Gasteiger partial charge in [0.05, 0.1) is 12.3 Å². The Morgan fingerprint density at radius 1 is 1.41 bits per heavy atom. The number of ether oxygens (including phenoxy) is 1. The molecule has 0 fully saturated rings. The van der Waals surface area contributed by atoms with Gasteiger partial charge in [-0.25, -0.2) is 4.39 Å². The van der Waals surface area contributed by atoms with Gasteiger partial charge in [-0.15, -0.1) is 0 Å². The molecule has 2 rings (SSSR count). The molecule has 0 aliphatic heterocycles. The predicted octanol–water partition coefficient (Wildman–Crippen LogP) is 4.31. The average molecular weight is 373 g/mol. The van der Waals surface area contributed by atoms with Crippen molar-refractivity contribution in [1.29, 1.82) is 0 Å². The van der Waals surface area contributed by atoms with Crippen LogP contribution >= 0.6 is 0 Å². The van der Waals surface area contributed by atoms with E-state index < -0.39 is 5.82 Å². The van der Waals surface area contributed by atoms with Gasteiger partial charge < -0.3 is 10.1 Å². The SMILES string of the molecule is CCC(C)=CCCCOc1cccc(CNC(=O)c2cc(C)nn2C)c1F. The molecule has 0 atom stereocenters. The molecule has 0 unspecified atom stereocenters. The van der Waals surface area contributed by atoms with E-state index in [1.54, 1.807) is 31.3 Å². The largest absolute Gasteiger partial charge is 0.490 e. The lowest BCUT2D eigenvalue weighted by atomic mass is 10.2. The molecular weight excluding hydrogens is 345 g/mol. The van der Waals surface area contributed by atoms with E-state index in [1.807, 2.05) is 6.92 Å². The molecule has 1 amide bonds. The van der Waals surface area contributed by atoms with Gasteiger partial charge in [-0.3, -0.25) is 9.48 Å². The number of hydrogen-bond donors (Lipinski definition) is 1.